The second kappa shape index (κ2) is 5.13. The Morgan fingerprint density at radius 3 is 2.44 bits per heavy atom. The van der Waals surface area contributed by atoms with E-state index in [0.29, 0.717) is 12.8 Å². The van der Waals surface area contributed by atoms with Crippen LogP contribution in [0.4, 0.5) is 8.78 Å². The van der Waals surface area contributed by atoms with Crippen molar-refractivity contribution in [2.75, 3.05) is 6.54 Å². The van der Waals surface area contributed by atoms with Crippen LogP contribution < -0.4 is 5.73 Å². The molecule has 1 aliphatic carbocycles. The highest BCUT2D eigenvalue weighted by molar-refractivity contribution is 9.10. The Bertz CT molecular complexity index is 433. The summed E-state index contributed by atoms with van der Waals surface area (Å²) in [6, 6.07) is 0.946. The minimum Gasteiger partial charge on any atom is -0.505 e. The average Bonchev–Trinajstić information content (AvgIpc) is 2.38. The minimum atomic E-state index is -0.809. The molecule has 1 aromatic carbocycles. The molecule has 2 nitrogen and oxygen atoms in total. The van der Waals surface area contributed by atoms with E-state index in [2.05, 4.69) is 15.9 Å². The highest BCUT2D eigenvalue weighted by Gasteiger charge is 2.38. The zero-order valence-corrected chi connectivity index (χ0v) is 11.6. The van der Waals surface area contributed by atoms with Gasteiger partial charge in [-0.2, -0.15) is 0 Å². The molecule has 1 fully saturated rings. The van der Waals surface area contributed by atoms with Crippen molar-refractivity contribution >= 4 is 15.9 Å². The van der Waals surface area contributed by atoms with E-state index in [1.54, 1.807) is 0 Å². The van der Waals surface area contributed by atoms with E-state index in [1.165, 1.54) is 0 Å². The van der Waals surface area contributed by atoms with E-state index in [4.69, 9.17) is 5.73 Å². The fourth-order valence-electron chi connectivity index (χ4n) is 2.85. The number of nitrogens with two attached hydrogens (primary N) is 1. The molecule has 0 heterocycles. The van der Waals surface area contributed by atoms with Crippen molar-refractivity contribution in [3.05, 3.63) is 27.7 Å². The second-order valence-corrected chi connectivity index (χ2v) is 5.78. The van der Waals surface area contributed by atoms with Gasteiger partial charge in [-0.25, -0.2) is 8.78 Å². The molecule has 0 radical (unpaired) electrons. The second-order valence-electron chi connectivity index (χ2n) is 4.92. The number of hydrogen-bond acceptors (Lipinski definition) is 2. The molecule has 5 heteroatoms. The lowest BCUT2D eigenvalue weighted by Gasteiger charge is -2.37. The molecule has 1 aliphatic rings. The van der Waals surface area contributed by atoms with Crippen LogP contribution in [0.5, 0.6) is 5.75 Å². The summed E-state index contributed by atoms with van der Waals surface area (Å²) in [6.07, 6.45) is 4.28. The summed E-state index contributed by atoms with van der Waals surface area (Å²) in [6.45, 7) is 0.216. The molecule has 0 saturated heterocycles. The molecule has 3 N–H and O–H groups in total. The molecule has 100 valence electrons. The van der Waals surface area contributed by atoms with Gasteiger partial charge in [-0.1, -0.05) is 19.3 Å². The van der Waals surface area contributed by atoms with Gasteiger partial charge in [0.2, 0.25) is 0 Å². The lowest BCUT2D eigenvalue weighted by atomic mass is 9.69. The van der Waals surface area contributed by atoms with Crippen LogP contribution in [0.15, 0.2) is 10.5 Å². The van der Waals surface area contributed by atoms with Gasteiger partial charge in [0.15, 0.2) is 11.6 Å². The third-order valence-corrected chi connectivity index (χ3v) is 4.45. The molecule has 2 rings (SSSR count). The van der Waals surface area contributed by atoms with Gasteiger partial charge in [-0.05, 0) is 34.8 Å². The fourth-order valence-corrected chi connectivity index (χ4v) is 3.25. The summed E-state index contributed by atoms with van der Waals surface area (Å²) in [4.78, 5) is 0. The standard InChI is InChI=1S/C13H16BrF2NO/c14-8-6-9(15)12(18)10(11(8)16)13(7-17)4-2-1-3-5-13/h6,18H,1-5,7,17H2. The maximum Gasteiger partial charge on any atom is 0.166 e. The zero-order chi connectivity index (χ0) is 13.3. The molecule has 1 saturated carbocycles. The molecular formula is C13H16BrF2NO. The van der Waals surface area contributed by atoms with Crippen LogP contribution in [0.1, 0.15) is 37.7 Å². The predicted molar refractivity (Wildman–Crippen MR) is 69.5 cm³/mol. The molecule has 0 amide bonds. The summed E-state index contributed by atoms with van der Waals surface area (Å²) in [5.41, 5.74) is 5.19. The van der Waals surface area contributed by atoms with Gasteiger partial charge in [0.25, 0.3) is 0 Å². The number of phenols is 1. The first-order valence-electron chi connectivity index (χ1n) is 6.09. The van der Waals surface area contributed by atoms with E-state index in [9.17, 15) is 13.9 Å². The average molecular weight is 320 g/mol. The Morgan fingerprint density at radius 2 is 1.89 bits per heavy atom. The molecule has 18 heavy (non-hydrogen) atoms. The van der Waals surface area contributed by atoms with E-state index in [1.807, 2.05) is 0 Å². The number of halogens is 3. The van der Waals surface area contributed by atoms with Crippen molar-refractivity contribution in [3.63, 3.8) is 0 Å². The van der Waals surface area contributed by atoms with Gasteiger partial charge in [-0.3, -0.25) is 0 Å². The fraction of sp³-hybridized carbons (Fsp3) is 0.538. The molecule has 0 unspecified atom stereocenters. The van der Waals surface area contributed by atoms with Crippen molar-refractivity contribution in [3.8, 4) is 5.75 Å². The Balaban J connectivity index is 2.61. The Kier molecular flexibility index (Phi) is 3.92. The van der Waals surface area contributed by atoms with Gasteiger partial charge in [0.05, 0.1) is 4.47 Å². The molecule has 0 aliphatic heterocycles. The molecular weight excluding hydrogens is 304 g/mol. The van der Waals surface area contributed by atoms with Gasteiger partial charge in [-0.15, -0.1) is 0 Å². The Hall–Kier alpha value is -0.680. The summed E-state index contributed by atoms with van der Waals surface area (Å²) < 4.78 is 27.9. The molecule has 1 aromatic rings. The van der Waals surface area contributed by atoms with Crippen molar-refractivity contribution in [2.45, 2.75) is 37.5 Å². The van der Waals surface area contributed by atoms with Crippen molar-refractivity contribution in [1.82, 2.24) is 0 Å². The topological polar surface area (TPSA) is 46.2 Å². The van der Waals surface area contributed by atoms with Crippen molar-refractivity contribution in [2.24, 2.45) is 5.73 Å². The van der Waals surface area contributed by atoms with Gasteiger partial charge in [0.1, 0.15) is 5.82 Å². The maximum absolute atomic E-state index is 14.2. The Labute approximate surface area is 113 Å². The number of phenolic OH excluding ortho intramolecular Hbond substituents is 1. The first-order chi connectivity index (χ1) is 8.52. The van der Waals surface area contributed by atoms with Crippen LogP contribution in [-0.4, -0.2) is 11.7 Å². The monoisotopic (exact) mass is 319 g/mol. The van der Waals surface area contributed by atoms with E-state index in [-0.39, 0.29) is 16.6 Å². The van der Waals surface area contributed by atoms with Crippen LogP contribution in [-0.2, 0) is 5.41 Å². The van der Waals surface area contributed by atoms with E-state index < -0.39 is 22.8 Å². The van der Waals surface area contributed by atoms with Crippen LogP contribution in [0.3, 0.4) is 0 Å². The third kappa shape index (κ3) is 2.14. The summed E-state index contributed by atoms with van der Waals surface area (Å²) >= 11 is 2.98. The van der Waals surface area contributed by atoms with Crippen molar-refractivity contribution in [1.29, 1.82) is 0 Å². The quantitative estimate of drug-likeness (QED) is 0.818. The summed E-state index contributed by atoms with van der Waals surface area (Å²) in [7, 11) is 0. The molecule has 0 bridgehead atoms. The van der Waals surface area contributed by atoms with Gasteiger partial charge >= 0.3 is 0 Å². The van der Waals surface area contributed by atoms with Gasteiger partial charge < -0.3 is 10.8 Å². The number of rotatable bonds is 2. The lowest BCUT2D eigenvalue weighted by Crippen LogP contribution is -2.38. The Morgan fingerprint density at radius 1 is 1.28 bits per heavy atom. The largest absolute Gasteiger partial charge is 0.505 e. The third-order valence-electron chi connectivity index (χ3n) is 3.88. The van der Waals surface area contributed by atoms with Crippen molar-refractivity contribution < 1.29 is 13.9 Å². The van der Waals surface area contributed by atoms with Gasteiger partial charge in [0, 0.05) is 17.5 Å². The highest BCUT2D eigenvalue weighted by Crippen LogP contribution is 2.45. The summed E-state index contributed by atoms with van der Waals surface area (Å²) in [5.74, 6) is -2.00. The maximum atomic E-state index is 14.2. The van der Waals surface area contributed by atoms with Crippen LogP contribution >= 0.6 is 15.9 Å². The highest BCUT2D eigenvalue weighted by atomic mass is 79.9. The van der Waals surface area contributed by atoms with Crippen LogP contribution in [0.25, 0.3) is 0 Å². The van der Waals surface area contributed by atoms with Crippen LogP contribution in [0.2, 0.25) is 0 Å². The first kappa shape index (κ1) is 13.7. The summed E-state index contributed by atoms with van der Waals surface area (Å²) in [5, 5.41) is 9.86. The van der Waals surface area contributed by atoms with E-state index >= 15 is 0 Å². The lowest BCUT2D eigenvalue weighted by molar-refractivity contribution is 0.276. The molecule has 0 atom stereocenters. The minimum absolute atomic E-state index is 0.0335. The molecule has 0 aromatic heterocycles. The predicted octanol–water partition coefficient (Wildman–Crippen LogP) is 3.59. The SMILES string of the molecule is NCC1(c2c(O)c(F)cc(Br)c2F)CCCCC1. The number of benzene rings is 1. The molecule has 0 spiro atoms. The van der Waals surface area contributed by atoms with E-state index in [0.717, 1.165) is 25.3 Å². The smallest absolute Gasteiger partial charge is 0.166 e. The first-order valence-corrected chi connectivity index (χ1v) is 6.88. The number of hydrogen-bond donors (Lipinski definition) is 2. The number of aromatic hydroxyl groups is 1. The zero-order valence-electron chi connectivity index (χ0n) is 9.98. The normalized spacial score (nSPS) is 18.9. The van der Waals surface area contributed by atoms with Crippen LogP contribution in [0, 0.1) is 11.6 Å².